The smallest absolute Gasteiger partial charge is 0.423 e. The molecule has 0 saturated heterocycles. The molecule has 2 N–H and O–H groups in total. The van der Waals surface area contributed by atoms with Crippen LogP contribution in [0, 0.1) is 13.0 Å². The second-order valence-corrected chi connectivity index (χ2v) is 4.49. The van der Waals surface area contributed by atoms with Gasteiger partial charge in [-0.15, -0.1) is 0 Å². The van der Waals surface area contributed by atoms with Crippen LogP contribution in [0.15, 0.2) is 12.1 Å². The molecule has 12 heavy (non-hydrogen) atoms. The molecule has 6 heteroatoms. The molecule has 0 unspecified atom stereocenters. The maximum Gasteiger partial charge on any atom is 0.489 e. The quantitative estimate of drug-likeness (QED) is 0.421. The maximum absolute atomic E-state index is 12.9. The molecule has 0 aliphatic rings. The monoisotopic (exact) mass is 392 g/mol. The molecule has 1 rings (SSSR count). The van der Waals surface area contributed by atoms with Crippen LogP contribution in [0.1, 0.15) is 0 Å². The molecule has 1 aromatic rings. The predicted octanol–water partition coefficient (Wildman–Crippen LogP) is 0.715. The number of rotatable bonds is 1. The third-order valence-electron chi connectivity index (χ3n) is 1.32. The lowest BCUT2D eigenvalue weighted by molar-refractivity contribution is 0.425. The van der Waals surface area contributed by atoms with Gasteiger partial charge in [0.05, 0.1) is 0 Å². The third-order valence-corrected chi connectivity index (χ3v) is 3.08. The van der Waals surface area contributed by atoms with E-state index in [4.69, 9.17) is 10.0 Å². The lowest BCUT2D eigenvalue weighted by Gasteiger charge is -2.03. The van der Waals surface area contributed by atoms with Crippen molar-refractivity contribution in [1.82, 2.24) is 0 Å². The normalized spacial score (nSPS) is 10.1. The molecule has 0 aromatic heterocycles. The Labute approximate surface area is 96.6 Å². The average Bonchev–Trinajstić information content (AvgIpc) is 1.96. The Morgan fingerprint density at radius 3 is 2.25 bits per heavy atom. The van der Waals surface area contributed by atoms with Gasteiger partial charge >= 0.3 is 7.12 Å². The molecule has 0 aliphatic heterocycles. The summed E-state index contributed by atoms with van der Waals surface area (Å²) in [6, 6.07) is 2.69. The minimum Gasteiger partial charge on any atom is -0.423 e. The highest BCUT2D eigenvalue weighted by Gasteiger charge is 2.16. The van der Waals surface area contributed by atoms with Crippen molar-refractivity contribution in [2.24, 2.45) is 0 Å². The Kier molecular flexibility index (Phi) is 3.74. The standard InChI is InChI=1S/C6H4BFI2O2/c8-4-1-3(7(11)12)5(9)2-6(4)10/h1-2,11-12H. The molecule has 0 fully saturated rings. The van der Waals surface area contributed by atoms with Crippen LogP contribution in [0.3, 0.4) is 0 Å². The second-order valence-electron chi connectivity index (χ2n) is 2.16. The zero-order valence-electron chi connectivity index (χ0n) is 5.76. The van der Waals surface area contributed by atoms with Crippen molar-refractivity contribution in [3.05, 3.63) is 25.1 Å². The second kappa shape index (κ2) is 4.20. The molecule has 0 spiro atoms. The first-order valence-electron chi connectivity index (χ1n) is 3.03. The summed E-state index contributed by atoms with van der Waals surface area (Å²) in [4.78, 5) is 0. The van der Waals surface area contributed by atoms with E-state index < -0.39 is 12.9 Å². The molecule has 0 amide bonds. The Bertz CT molecular complexity index is 306. The van der Waals surface area contributed by atoms with Gasteiger partial charge in [0.25, 0.3) is 0 Å². The minimum absolute atomic E-state index is 0.202. The average molecular weight is 392 g/mol. The Balaban J connectivity index is 3.23. The molecule has 0 heterocycles. The van der Waals surface area contributed by atoms with Crippen LogP contribution in [0.4, 0.5) is 4.39 Å². The SMILES string of the molecule is OB(O)c1cc(F)c(I)cc1I. The van der Waals surface area contributed by atoms with Gasteiger partial charge in [-0.25, -0.2) is 4.39 Å². The fourth-order valence-electron chi connectivity index (χ4n) is 0.736. The van der Waals surface area contributed by atoms with Crippen molar-refractivity contribution in [3.8, 4) is 0 Å². The number of halogens is 3. The summed E-state index contributed by atoms with van der Waals surface area (Å²) in [5, 5.41) is 17.6. The molecular formula is C6H4BFI2O2. The molecule has 0 atom stereocenters. The van der Waals surface area contributed by atoms with Gasteiger partial charge in [0.2, 0.25) is 0 Å². The molecule has 0 saturated carbocycles. The summed E-state index contributed by atoms with van der Waals surface area (Å²) in [6.45, 7) is 0. The van der Waals surface area contributed by atoms with Crippen LogP contribution in [0.2, 0.25) is 0 Å². The first-order valence-corrected chi connectivity index (χ1v) is 5.18. The Morgan fingerprint density at radius 1 is 1.17 bits per heavy atom. The van der Waals surface area contributed by atoms with Crippen LogP contribution in [-0.2, 0) is 0 Å². The lowest BCUT2D eigenvalue weighted by atomic mass is 9.80. The van der Waals surface area contributed by atoms with E-state index in [2.05, 4.69) is 0 Å². The van der Waals surface area contributed by atoms with Crippen LogP contribution >= 0.6 is 45.2 Å². The first kappa shape index (κ1) is 10.7. The zero-order valence-corrected chi connectivity index (χ0v) is 10.1. The van der Waals surface area contributed by atoms with Gasteiger partial charge < -0.3 is 10.0 Å². The van der Waals surface area contributed by atoms with Gasteiger partial charge in [-0.1, -0.05) is 0 Å². The summed E-state index contributed by atoms with van der Waals surface area (Å²) in [5.41, 5.74) is 0.202. The predicted molar refractivity (Wildman–Crippen MR) is 61.7 cm³/mol. The molecular weight excluding hydrogens is 388 g/mol. The molecule has 2 nitrogen and oxygen atoms in total. The fourth-order valence-corrected chi connectivity index (χ4v) is 2.54. The van der Waals surface area contributed by atoms with Crippen LogP contribution in [0.25, 0.3) is 0 Å². The van der Waals surface area contributed by atoms with Crippen LogP contribution < -0.4 is 5.46 Å². The Morgan fingerprint density at radius 2 is 1.75 bits per heavy atom. The highest BCUT2D eigenvalue weighted by atomic mass is 127. The van der Waals surface area contributed by atoms with Gasteiger partial charge in [0.1, 0.15) is 5.82 Å². The van der Waals surface area contributed by atoms with Crippen molar-refractivity contribution >= 4 is 57.8 Å². The van der Waals surface area contributed by atoms with E-state index in [1.807, 2.05) is 45.2 Å². The minimum atomic E-state index is -1.61. The molecule has 1 aromatic carbocycles. The van der Waals surface area contributed by atoms with Gasteiger partial charge in [0, 0.05) is 7.14 Å². The van der Waals surface area contributed by atoms with Crippen molar-refractivity contribution < 1.29 is 14.4 Å². The zero-order chi connectivity index (χ0) is 9.30. The molecule has 0 radical (unpaired) electrons. The van der Waals surface area contributed by atoms with E-state index in [1.165, 1.54) is 0 Å². The van der Waals surface area contributed by atoms with E-state index in [9.17, 15) is 4.39 Å². The van der Waals surface area contributed by atoms with Gasteiger partial charge in [0.15, 0.2) is 0 Å². The maximum atomic E-state index is 12.9. The highest BCUT2D eigenvalue weighted by molar-refractivity contribution is 14.1. The summed E-state index contributed by atoms with van der Waals surface area (Å²) in [5.74, 6) is -0.431. The number of benzene rings is 1. The largest absolute Gasteiger partial charge is 0.489 e. The van der Waals surface area contributed by atoms with Crippen molar-refractivity contribution in [1.29, 1.82) is 0 Å². The lowest BCUT2D eigenvalue weighted by Crippen LogP contribution is -2.32. The van der Waals surface area contributed by atoms with Gasteiger partial charge in [-0.3, -0.25) is 0 Å². The number of hydrogen-bond donors (Lipinski definition) is 2. The van der Waals surface area contributed by atoms with Crippen molar-refractivity contribution in [2.75, 3.05) is 0 Å². The summed E-state index contributed by atoms with van der Waals surface area (Å²) >= 11 is 3.77. The Hall–Kier alpha value is 0.595. The van der Waals surface area contributed by atoms with E-state index >= 15 is 0 Å². The van der Waals surface area contributed by atoms with Crippen LogP contribution in [-0.4, -0.2) is 17.2 Å². The van der Waals surface area contributed by atoms with E-state index in [-0.39, 0.29) is 5.46 Å². The molecule has 64 valence electrons. The first-order chi connectivity index (χ1) is 5.52. The molecule has 0 bridgehead atoms. The highest BCUT2D eigenvalue weighted by Crippen LogP contribution is 2.13. The molecule has 0 aliphatic carbocycles. The number of hydrogen-bond acceptors (Lipinski definition) is 2. The van der Waals surface area contributed by atoms with E-state index in [1.54, 1.807) is 6.07 Å². The van der Waals surface area contributed by atoms with Gasteiger partial charge in [-0.05, 0) is 62.8 Å². The summed E-state index contributed by atoms with van der Waals surface area (Å²) < 4.78 is 14.0. The summed E-state index contributed by atoms with van der Waals surface area (Å²) in [6.07, 6.45) is 0. The van der Waals surface area contributed by atoms with E-state index in [0.717, 1.165) is 6.07 Å². The third kappa shape index (κ3) is 2.30. The van der Waals surface area contributed by atoms with Crippen molar-refractivity contribution in [3.63, 3.8) is 0 Å². The summed E-state index contributed by atoms with van der Waals surface area (Å²) in [7, 11) is -1.61. The topological polar surface area (TPSA) is 40.5 Å². The van der Waals surface area contributed by atoms with Gasteiger partial charge in [-0.2, -0.15) is 0 Å². The van der Waals surface area contributed by atoms with Crippen LogP contribution in [0.5, 0.6) is 0 Å². The van der Waals surface area contributed by atoms with E-state index in [0.29, 0.717) is 7.14 Å². The van der Waals surface area contributed by atoms with Crippen molar-refractivity contribution in [2.45, 2.75) is 0 Å². The fraction of sp³-hybridized carbons (Fsp3) is 0.